The van der Waals surface area contributed by atoms with Crippen molar-refractivity contribution in [1.29, 1.82) is 0 Å². The number of hydrogen-bond donors (Lipinski definition) is 0. The van der Waals surface area contributed by atoms with Gasteiger partial charge >= 0.3 is 12.2 Å². The van der Waals surface area contributed by atoms with Crippen molar-refractivity contribution in [3.8, 4) is 11.3 Å². The fourth-order valence-electron chi connectivity index (χ4n) is 5.27. The van der Waals surface area contributed by atoms with Gasteiger partial charge in [-0.25, -0.2) is 24.5 Å². The maximum Gasteiger partial charge on any atom is 0.416 e. The molecule has 17 heteroatoms. The fraction of sp³-hybridized carbons (Fsp3) is 0.400. The SMILES string of the molecule is CC(C)(C)OC(=O)N(c1cc(-c2ccnc(F)c2)nc2c(C=O)cnn12)C1CC1.CC(C)(C)OC(=O)N(c1cc(Cl)nc2c(C=O)cnn12)C1CC1. The van der Waals surface area contributed by atoms with Crippen LogP contribution >= 0.6 is 11.6 Å². The summed E-state index contributed by atoms with van der Waals surface area (Å²) in [7, 11) is 0. The number of hydrogen-bond acceptors (Lipinski definition) is 11. The molecule has 5 aromatic rings. The van der Waals surface area contributed by atoms with Gasteiger partial charge in [0.1, 0.15) is 28.0 Å². The van der Waals surface area contributed by atoms with Crippen molar-refractivity contribution in [3.63, 3.8) is 0 Å². The topological polar surface area (TPSA) is 166 Å². The van der Waals surface area contributed by atoms with Crippen LogP contribution in [0.25, 0.3) is 22.6 Å². The molecular weight excluding hydrogens is 697 g/mol. The number of carbonyl (C=O) groups excluding carboxylic acids is 4. The minimum atomic E-state index is -0.675. The lowest BCUT2D eigenvalue weighted by molar-refractivity contribution is 0.0564. The van der Waals surface area contributed by atoms with E-state index in [4.69, 9.17) is 21.1 Å². The molecule has 0 aliphatic heterocycles. The van der Waals surface area contributed by atoms with Crippen molar-refractivity contribution >= 4 is 59.3 Å². The van der Waals surface area contributed by atoms with Gasteiger partial charge in [-0.15, -0.1) is 0 Å². The molecular formula is C35H37ClFN9O6. The first-order valence-electron chi connectivity index (χ1n) is 16.6. The van der Waals surface area contributed by atoms with Crippen LogP contribution in [0, 0.1) is 5.95 Å². The fourth-order valence-corrected chi connectivity index (χ4v) is 5.44. The van der Waals surface area contributed by atoms with Crippen LogP contribution in [0.2, 0.25) is 5.15 Å². The van der Waals surface area contributed by atoms with E-state index in [2.05, 4.69) is 25.1 Å². The van der Waals surface area contributed by atoms with Crippen LogP contribution in [-0.4, -0.2) is 82.2 Å². The zero-order valence-corrected chi connectivity index (χ0v) is 30.2. The molecule has 0 radical (unpaired) electrons. The van der Waals surface area contributed by atoms with Crippen LogP contribution in [0.1, 0.15) is 87.9 Å². The summed E-state index contributed by atoms with van der Waals surface area (Å²) in [5.41, 5.74) is 0.752. The second kappa shape index (κ2) is 13.9. The van der Waals surface area contributed by atoms with E-state index >= 15 is 0 Å². The first kappa shape index (κ1) is 36.3. The van der Waals surface area contributed by atoms with Crippen LogP contribution in [0.15, 0.2) is 42.9 Å². The van der Waals surface area contributed by atoms with Gasteiger partial charge in [0, 0.05) is 42.0 Å². The van der Waals surface area contributed by atoms with Gasteiger partial charge in [0.15, 0.2) is 23.9 Å². The summed E-state index contributed by atoms with van der Waals surface area (Å²) in [6, 6.07) is 6.05. The number of fused-ring (bicyclic) bond motifs is 2. The van der Waals surface area contributed by atoms with Crippen molar-refractivity contribution < 1.29 is 33.0 Å². The molecule has 0 unspecified atom stereocenters. The highest BCUT2D eigenvalue weighted by atomic mass is 35.5. The molecule has 0 saturated heterocycles. The average molecular weight is 734 g/mol. The molecule has 2 fully saturated rings. The minimum Gasteiger partial charge on any atom is -0.443 e. The molecule has 2 amide bonds. The van der Waals surface area contributed by atoms with Crippen molar-refractivity contribution in [2.24, 2.45) is 0 Å². The summed E-state index contributed by atoms with van der Waals surface area (Å²) in [6.45, 7) is 10.8. The zero-order valence-electron chi connectivity index (χ0n) is 29.4. The van der Waals surface area contributed by atoms with Gasteiger partial charge in [0.2, 0.25) is 5.95 Å². The molecule has 5 heterocycles. The van der Waals surface area contributed by atoms with Gasteiger partial charge in [-0.05, 0) is 73.3 Å². The van der Waals surface area contributed by atoms with Crippen LogP contribution in [0.5, 0.6) is 0 Å². The van der Waals surface area contributed by atoms with E-state index in [1.807, 2.05) is 20.8 Å². The van der Waals surface area contributed by atoms with E-state index < -0.39 is 29.3 Å². The van der Waals surface area contributed by atoms with Crippen LogP contribution in [0.4, 0.5) is 25.6 Å². The number of pyridine rings is 1. The lowest BCUT2D eigenvalue weighted by Crippen LogP contribution is -2.39. The van der Waals surface area contributed by atoms with Gasteiger partial charge in [-0.1, -0.05) is 11.6 Å². The standard InChI is InChI=1S/C20H20FN5O3.C15H17ClN4O3/c1-20(2,3)29-19(28)25(14-4-5-14)17-9-15(12-6-7-22-16(21)8-12)24-18-13(11-27)10-23-26(17)18;1-15(2,3)23-14(22)19(10-4-5-10)12-6-11(16)18-13-9(8-21)7-17-20(12)13/h6-11,14H,4-5H2,1-3H3;6-8,10H,4-5H2,1-3H3. The molecule has 0 bridgehead atoms. The van der Waals surface area contributed by atoms with Gasteiger partial charge in [-0.3, -0.25) is 19.4 Å². The van der Waals surface area contributed by atoms with E-state index in [1.165, 1.54) is 43.5 Å². The molecule has 0 spiro atoms. The summed E-state index contributed by atoms with van der Waals surface area (Å²) in [5.74, 6) is 0.206. The maximum atomic E-state index is 13.7. The number of anilines is 2. The maximum absolute atomic E-state index is 13.7. The highest BCUT2D eigenvalue weighted by Crippen LogP contribution is 2.36. The van der Waals surface area contributed by atoms with E-state index in [1.54, 1.807) is 39.0 Å². The lowest BCUT2D eigenvalue weighted by Gasteiger charge is -2.27. The van der Waals surface area contributed by atoms with Gasteiger partial charge in [0.25, 0.3) is 0 Å². The summed E-state index contributed by atoms with van der Waals surface area (Å²) in [4.78, 5) is 63.3. The second-order valence-corrected chi connectivity index (χ2v) is 14.8. The largest absolute Gasteiger partial charge is 0.443 e. The smallest absolute Gasteiger partial charge is 0.416 e. The molecule has 15 nitrogen and oxygen atoms in total. The van der Waals surface area contributed by atoms with Crippen molar-refractivity contribution in [2.45, 2.75) is 90.5 Å². The van der Waals surface area contributed by atoms with E-state index in [-0.39, 0.29) is 28.4 Å². The predicted molar refractivity (Wildman–Crippen MR) is 188 cm³/mol. The molecule has 2 saturated carbocycles. The Morgan fingerprint density at radius 1 is 0.808 bits per heavy atom. The highest BCUT2D eigenvalue weighted by molar-refractivity contribution is 6.30. The molecule has 0 aromatic carbocycles. The first-order chi connectivity index (χ1) is 24.6. The number of aldehydes is 2. The van der Waals surface area contributed by atoms with Gasteiger partial charge < -0.3 is 9.47 Å². The molecule has 2 aliphatic carbocycles. The highest BCUT2D eigenvalue weighted by Gasteiger charge is 2.39. The Balaban J connectivity index is 0.000000183. The third-order valence-corrected chi connectivity index (χ3v) is 7.90. The third-order valence-electron chi connectivity index (χ3n) is 7.70. The second-order valence-electron chi connectivity index (χ2n) is 14.4. The Bertz CT molecular complexity index is 2180. The van der Waals surface area contributed by atoms with E-state index in [9.17, 15) is 23.6 Å². The van der Waals surface area contributed by atoms with Crippen molar-refractivity contribution in [3.05, 3.63) is 65.1 Å². The molecule has 5 aromatic heterocycles. The summed E-state index contributed by atoms with van der Waals surface area (Å²) < 4.78 is 27.6. The minimum absolute atomic E-state index is 0.0374. The Hall–Kier alpha value is -5.51. The lowest BCUT2D eigenvalue weighted by atomic mass is 10.2. The van der Waals surface area contributed by atoms with Gasteiger partial charge in [-0.2, -0.15) is 23.6 Å². The van der Waals surface area contributed by atoms with Crippen LogP contribution in [0.3, 0.4) is 0 Å². The van der Waals surface area contributed by atoms with Crippen LogP contribution in [-0.2, 0) is 9.47 Å². The van der Waals surface area contributed by atoms with Crippen LogP contribution < -0.4 is 9.80 Å². The molecule has 52 heavy (non-hydrogen) atoms. The van der Waals surface area contributed by atoms with E-state index in [0.29, 0.717) is 46.7 Å². The summed E-state index contributed by atoms with van der Waals surface area (Å²) in [5, 5.41) is 8.58. The summed E-state index contributed by atoms with van der Waals surface area (Å²) in [6.07, 6.45) is 7.84. The number of rotatable bonds is 7. The number of carbonyl (C=O) groups is 4. The van der Waals surface area contributed by atoms with Crippen molar-refractivity contribution in [1.82, 2.24) is 34.2 Å². The number of halogens is 2. The van der Waals surface area contributed by atoms with Crippen molar-refractivity contribution in [2.75, 3.05) is 9.80 Å². The number of aromatic nitrogens is 7. The Morgan fingerprint density at radius 2 is 1.29 bits per heavy atom. The quantitative estimate of drug-likeness (QED) is 0.0987. The Kier molecular flexibility index (Phi) is 9.70. The molecule has 2 aliphatic rings. The van der Waals surface area contributed by atoms with E-state index in [0.717, 1.165) is 25.7 Å². The monoisotopic (exact) mass is 733 g/mol. The number of amides is 2. The molecule has 0 N–H and O–H groups in total. The zero-order chi connectivity index (χ0) is 37.5. The Morgan fingerprint density at radius 3 is 1.73 bits per heavy atom. The normalized spacial score (nSPS) is 14.4. The number of nitrogens with zero attached hydrogens (tertiary/aromatic N) is 9. The first-order valence-corrected chi connectivity index (χ1v) is 16.9. The summed E-state index contributed by atoms with van der Waals surface area (Å²) >= 11 is 6.07. The Labute approximate surface area is 302 Å². The van der Waals surface area contributed by atoms with Gasteiger partial charge in [0.05, 0.1) is 29.2 Å². The molecule has 0 atom stereocenters. The number of ether oxygens (including phenoxy) is 2. The molecule has 7 rings (SSSR count). The molecule has 272 valence electrons. The average Bonchev–Trinajstić information content (AvgIpc) is 3.98. The predicted octanol–water partition coefficient (Wildman–Crippen LogP) is 6.75. The third kappa shape index (κ3) is 8.01.